The predicted molar refractivity (Wildman–Crippen MR) is 111 cm³/mol. The molecule has 1 aliphatic rings. The van der Waals surface area contributed by atoms with Crippen molar-refractivity contribution in [1.29, 1.82) is 0 Å². The quantitative estimate of drug-likeness (QED) is 0.784. The lowest BCUT2D eigenvalue weighted by atomic mass is 9.95. The summed E-state index contributed by atoms with van der Waals surface area (Å²) < 4.78 is 27.7. The zero-order valence-corrected chi connectivity index (χ0v) is 17.3. The average Bonchev–Trinajstić information content (AvgIpc) is 2.73. The molecular weight excluding hydrogens is 390 g/mol. The van der Waals surface area contributed by atoms with E-state index >= 15 is 0 Å². The highest BCUT2D eigenvalue weighted by molar-refractivity contribution is 7.92. The fraction of sp³-hybridized carbons (Fsp3) is 0.333. The lowest BCUT2D eigenvalue weighted by molar-refractivity contribution is -0.125. The molecule has 1 saturated heterocycles. The van der Waals surface area contributed by atoms with Crippen molar-refractivity contribution in [2.75, 3.05) is 24.9 Å². The minimum atomic E-state index is -3.74. The van der Waals surface area contributed by atoms with Crippen LogP contribution in [0.3, 0.4) is 0 Å². The van der Waals surface area contributed by atoms with Gasteiger partial charge in [-0.15, -0.1) is 0 Å². The second-order valence-corrected chi connectivity index (χ2v) is 8.86. The van der Waals surface area contributed by atoms with Crippen molar-refractivity contribution in [1.82, 2.24) is 10.2 Å². The molecule has 3 rings (SSSR count). The van der Waals surface area contributed by atoms with Crippen molar-refractivity contribution in [3.05, 3.63) is 59.7 Å². The Balaban J connectivity index is 1.70. The third kappa shape index (κ3) is 4.95. The smallest absolute Gasteiger partial charge is 0.261 e. The van der Waals surface area contributed by atoms with Gasteiger partial charge in [-0.2, -0.15) is 0 Å². The van der Waals surface area contributed by atoms with Gasteiger partial charge in [0, 0.05) is 37.3 Å². The van der Waals surface area contributed by atoms with Gasteiger partial charge in [0.05, 0.1) is 4.90 Å². The molecule has 0 aliphatic carbocycles. The molecule has 1 aliphatic heterocycles. The zero-order valence-electron chi connectivity index (χ0n) is 16.5. The summed E-state index contributed by atoms with van der Waals surface area (Å²) in [5, 5.41) is 2.65. The molecule has 8 heteroatoms. The van der Waals surface area contributed by atoms with Crippen LogP contribution in [0.4, 0.5) is 5.69 Å². The number of piperidine rings is 1. The number of carbonyl (C=O) groups is 2. The Labute approximate surface area is 171 Å². The van der Waals surface area contributed by atoms with Gasteiger partial charge in [0.1, 0.15) is 0 Å². The molecule has 29 heavy (non-hydrogen) atoms. The molecule has 0 unspecified atom stereocenters. The number of likely N-dealkylation sites (tertiary alicyclic amines) is 1. The fourth-order valence-corrected chi connectivity index (χ4v) is 4.43. The maximum absolute atomic E-state index is 12.8. The van der Waals surface area contributed by atoms with Crippen LogP contribution < -0.4 is 10.0 Å². The van der Waals surface area contributed by atoms with E-state index in [1.54, 1.807) is 60.5 Å². The summed E-state index contributed by atoms with van der Waals surface area (Å²) in [4.78, 5) is 26.4. The van der Waals surface area contributed by atoms with E-state index < -0.39 is 10.0 Å². The van der Waals surface area contributed by atoms with Crippen LogP contribution >= 0.6 is 0 Å². The summed E-state index contributed by atoms with van der Waals surface area (Å²) in [6, 6.07) is 13.0. The first-order chi connectivity index (χ1) is 13.8. The predicted octanol–water partition coefficient (Wildman–Crippen LogP) is 2.39. The number of nitrogens with one attached hydrogen (secondary N) is 2. The molecule has 1 fully saturated rings. The van der Waals surface area contributed by atoms with Gasteiger partial charge in [-0.05, 0) is 50.1 Å². The summed E-state index contributed by atoms with van der Waals surface area (Å²) in [6.45, 7) is 2.88. The highest BCUT2D eigenvalue weighted by Crippen LogP contribution is 2.22. The minimum absolute atomic E-state index is 0.00427. The first kappa shape index (κ1) is 20.9. The number of benzene rings is 2. The number of rotatable bonds is 5. The Morgan fingerprint density at radius 2 is 1.69 bits per heavy atom. The molecule has 2 aromatic carbocycles. The van der Waals surface area contributed by atoms with Gasteiger partial charge in [0.15, 0.2) is 0 Å². The van der Waals surface area contributed by atoms with Gasteiger partial charge in [0.25, 0.3) is 15.9 Å². The van der Waals surface area contributed by atoms with E-state index in [0.29, 0.717) is 37.2 Å². The number of nitrogens with zero attached hydrogens (tertiary/aromatic N) is 1. The second-order valence-electron chi connectivity index (χ2n) is 7.18. The highest BCUT2D eigenvalue weighted by Gasteiger charge is 2.27. The van der Waals surface area contributed by atoms with Crippen LogP contribution in [0.5, 0.6) is 0 Å². The minimum Gasteiger partial charge on any atom is -0.359 e. The van der Waals surface area contributed by atoms with E-state index in [1.807, 2.05) is 6.92 Å². The standard InChI is InChI=1S/C21H25N3O4S/c1-15-6-8-19(9-7-15)29(27,28)23-18-5-3-4-17(14-18)21(26)24-12-10-16(11-13-24)20(25)22-2/h3-9,14,16,23H,10-13H2,1-2H3,(H,22,25). The van der Waals surface area contributed by atoms with E-state index in [9.17, 15) is 18.0 Å². The largest absolute Gasteiger partial charge is 0.359 e. The number of sulfonamides is 1. The molecule has 0 bridgehead atoms. The lowest BCUT2D eigenvalue weighted by Crippen LogP contribution is -2.42. The van der Waals surface area contributed by atoms with E-state index in [-0.39, 0.29) is 22.6 Å². The fourth-order valence-electron chi connectivity index (χ4n) is 3.38. The van der Waals surface area contributed by atoms with Crippen LogP contribution in [0.15, 0.2) is 53.4 Å². The Hall–Kier alpha value is -2.87. The second kappa shape index (κ2) is 8.65. The Kier molecular flexibility index (Phi) is 6.22. The molecule has 2 N–H and O–H groups in total. The van der Waals surface area contributed by atoms with Crippen LogP contribution in [-0.4, -0.2) is 45.3 Å². The molecule has 2 aromatic rings. The molecule has 0 radical (unpaired) electrons. The third-order valence-electron chi connectivity index (χ3n) is 5.09. The van der Waals surface area contributed by atoms with Crippen LogP contribution in [0, 0.1) is 12.8 Å². The van der Waals surface area contributed by atoms with Crippen molar-refractivity contribution in [3.63, 3.8) is 0 Å². The maximum atomic E-state index is 12.8. The maximum Gasteiger partial charge on any atom is 0.261 e. The van der Waals surface area contributed by atoms with E-state index in [4.69, 9.17) is 0 Å². The summed E-state index contributed by atoms with van der Waals surface area (Å²) >= 11 is 0. The SMILES string of the molecule is CNC(=O)C1CCN(C(=O)c2cccc(NS(=O)(=O)c3ccc(C)cc3)c2)CC1. The molecule has 154 valence electrons. The van der Waals surface area contributed by atoms with Gasteiger partial charge >= 0.3 is 0 Å². The Morgan fingerprint density at radius 3 is 2.31 bits per heavy atom. The Morgan fingerprint density at radius 1 is 1.03 bits per heavy atom. The van der Waals surface area contributed by atoms with Crippen LogP contribution in [0.2, 0.25) is 0 Å². The number of anilines is 1. The van der Waals surface area contributed by atoms with Crippen LogP contribution in [0.1, 0.15) is 28.8 Å². The first-order valence-electron chi connectivity index (χ1n) is 9.50. The molecular formula is C21H25N3O4S. The molecule has 0 atom stereocenters. The number of carbonyl (C=O) groups excluding carboxylic acids is 2. The lowest BCUT2D eigenvalue weighted by Gasteiger charge is -2.31. The monoisotopic (exact) mass is 415 g/mol. The summed E-state index contributed by atoms with van der Waals surface area (Å²) in [6.07, 6.45) is 1.23. The number of amides is 2. The highest BCUT2D eigenvalue weighted by atomic mass is 32.2. The van der Waals surface area contributed by atoms with Gasteiger partial charge < -0.3 is 10.2 Å². The molecule has 0 saturated carbocycles. The van der Waals surface area contributed by atoms with Crippen molar-refractivity contribution in [2.24, 2.45) is 5.92 Å². The van der Waals surface area contributed by atoms with Gasteiger partial charge in [-0.1, -0.05) is 23.8 Å². The van der Waals surface area contributed by atoms with E-state index in [1.165, 1.54) is 0 Å². The number of hydrogen-bond acceptors (Lipinski definition) is 4. The average molecular weight is 416 g/mol. The van der Waals surface area contributed by atoms with E-state index in [0.717, 1.165) is 5.56 Å². The molecule has 7 nitrogen and oxygen atoms in total. The third-order valence-corrected chi connectivity index (χ3v) is 6.49. The number of aryl methyl sites for hydroxylation is 1. The molecule has 0 aromatic heterocycles. The molecule has 1 heterocycles. The van der Waals surface area contributed by atoms with Crippen LogP contribution in [-0.2, 0) is 14.8 Å². The van der Waals surface area contributed by atoms with Crippen LogP contribution in [0.25, 0.3) is 0 Å². The summed E-state index contributed by atoms with van der Waals surface area (Å²) in [5.74, 6) is -0.238. The topological polar surface area (TPSA) is 95.6 Å². The van der Waals surface area contributed by atoms with Crippen molar-refractivity contribution < 1.29 is 18.0 Å². The van der Waals surface area contributed by atoms with E-state index in [2.05, 4.69) is 10.0 Å². The molecule has 2 amide bonds. The van der Waals surface area contributed by atoms with Crippen molar-refractivity contribution in [2.45, 2.75) is 24.7 Å². The Bertz CT molecular complexity index is 995. The molecule has 0 spiro atoms. The number of hydrogen-bond donors (Lipinski definition) is 2. The first-order valence-corrected chi connectivity index (χ1v) is 11.0. The summed E-state index contributed by atoms with van der Waals surface area (Å²) in [7, 11) is -2.12. The normalized spacial score (nSPS) is 15.0. The van der Waals surface area contributed by atoms with Crippen molar-refractivity contribution >= 4 is 27.5 Å². The summed E-state index contributed by atoms with van der Waals surface area (Å²) in [5.41, 5.74) is 1.71. The van der Waals surface area contributed by atoms with Gasteiger partial charge in [-0.25, -0.2) is 8.42 Å². The van der Waals surface area contributed by atoms with Crippen molar-refractivity contribution in [3.8, 4) is 0 Å². The van der Waals surface area contributed by atoms with Gasteiger partial charge in [0.2, 0.25) is 5.91 Å². The zero-order chi connectivity index (χ0) is 21.0. The van der Waals surface area contributed by atoms with Gasteiger partial charge in [-0.3, -0.25) is 14.3 Å².